The lowest BCUT2D eigenvalue weighted by molar-refractivity contribution is 0.0696. The Labute approximate surface area is 124 Å². The minimum atomic E-state index is -1.16. The summed E-state index contributed by atoms with van der Waals surface area (Å²) < 4.78 is 18.8. The smallest absolute Gasteiger partial charge is 0.337 e. The van der Waals surface area contributed by atoms with Gasteiger partial charge in [0.15, 0.2) is 0 Å². The van der Waals surface area contributed by atoms with Crippen molar-refractivity contribution in [1.29, 1.82) is 0 Å². The molecule has 6 heteroatoms. The molecule has 0 amide bonds. The van der Waals surface area contributed by atoms with Gasteiger partial charge in [-0.2, -0.15) is 0 Å². The quantitative estimate of drug-likeness (QED) is 0.909. The first-order valence-electron chi connectivity index (χ1n) is 5.57. The van der Waals surface area contributed by atoms with E-state index in [1.54, 1.807) is 0 Å². The molecular formula is C14H9Cl2FO3. The Morgan fingerprint density at radius 2 is 1.95 bits per heavy atom. The fourth-order valence-electron chi connectivity index (χ4n) is 1.57. The van der Waals surface area contributed by atoms with Crippen LogP contribution in [0.4, 0.5) is 4.39 Å². The zero-order chi connectivity index (χ0) is 14.7. The predicted octanol–water partition coefficient (Wildman–Crippen LogP) is 4.41. The van der Waals surface area contributed by atoms with E-state index in [9.17, 15) is 9.18 Å². The van der Waals surface area contributed by atoms with E-state index in [0.29, 0.717) is 5.02 Å². The summed E-state index contributed by atoms with van der Waals surface area (Å²) in [6.07, 6.45) is 0. The topological polar surface area (TPSA) is 46.5 Å². The summed E-state index contributed by atoms with van der Waals surface area (Å²) in [5, 5.41) is 9.44. The Morgan fingerprint density at radius 3 is 2.65 bits per heavy atom. The molecule has 104 valence electrons. The summed E-state index contributed by atoms with van der Waals surface area (Å²) in [6, 6.07) is 8.33. The van der Waals surface area contributed by atoms with Gasteiger partial charge in [-0.15, -0.1) is 0 Å². The van der Waals surface area contributed by atoms with Crippen molar-refractivity contribution in [3.63, 3.8) is 0 Å². The highest BCUT2D eigenvalue weighted by molar-refractivity contribution is 6.33. The fraction of sp³-hybridized carbons (Fsp3) is 0.0714. The summed E-state index contributed by atoms with van der Waals surface area (Å²) >= 11 is 11.5. The normalized spacial score (nSPS) is 10.3. The van der Waals surface area contributed by atoms with Gasteiger partial charge in [0.05, 0.1) is 10.6 Å². The minimum Gasteiger partial charge on any atom is -0.489 e. The molecule has 0 spiro atoms. The second-order valence-electron chi connectivity index (χ2n) is 3.97. The van der Waals surface area contributed by atoms with Crippen LogP contribution in [0.25, 0.3) is 0 Å². The molecule has 0 bridgehead atoms. The van der Waals surface area contributed by atoms with E-state index >= 15 is 0 Å². The summed E-state index contributed by atoms with van der Waals surface area (Å²) in [7, 11) is 0. The lowest BCUT2D eigenvalue weighted by Gasteiger charge is -2.09. The van der Waals surface area contributed by atoms with Crippen LogP contribution in [-0.2, 0) is 6.61 Å². The van der Waals surface area contributed by atoms with Crippen molar-refractivity contribution in [2.24, 2.45) is 0 Å². The van der Waals surface area contributed by atoms with Crippen LogP contribution in [0, 0.1) is 5.82 Å². The number of halogens is 3. The predicted molar refractivity (Wildman–Crippen MR) is 74.2 cm³/mol. The number of carbonyl (C=O) groups is 1. The number of rotatable bonds is 4. The fourth-order valence-corrected chi connectivity index (χ4v) is 1.97. The van der Waals surface area contributed by atoms with Gasteiger partial charge in [-0.05, 0) is 36.4 Å². The first kappa shape index (κ1) is 14.6. The summed E-state index contributed by atoms with van der Waals surface area (Å²) in [5.74, 6) is -1.32. The molecule has 0 aliphatic carbocycles. The second-order valence-corrected chi connectivity index (χ2v) is 4.81. The van der Waals surface area contributed by atoms with E-state index in [2.05, 4.69) is 0 Å². The maximum absolute atomic E-state index is 13.5. The third-order valence-corrected chi connectivity index (χ3v) is 3.14. The molecule has 1 N–H and O–H groups in total. The Kier molecular flexibility index (Phi) is 4.47. The molecule has 3 nitrogen and oxygen atoms in total. The molecule has 0 saturated carbocycles. The molecule has 2 aromatic carbocycles. The summed E-state index contributed by atoms with van der Waals surface area (Å²) in [4.78, 5) is 10.9. The van der Waals surface area contributed by atoms with Crippen molar-refractivity contribution >= 4 is 29.2 Å². The molecule has 2 rings (SSSR count). The molecule has 0 aromatic heterocycles. The van der Waals surface area contributed by atoms with E-state index in [1.807, 2.05) is 0 Å². The molecule has 0 heterocycles. The van der Waals surface area contributed by atoms with Gasteiger partial charge in [-0.1, -0.05) is 23.2 Å². The van der Waals surface area contributed by atoms with E-state index in [4.69, 9.17) is 33.0 Å². The summed E-state index contributed by atoms with van der Waals surface area (Å²) in [5.41, 5.74) is 0.208. The van der Waals surface area contributed by atoms with Crippen LogP contribution in [0.5, 0.6) is 5.75 Å². The van der Waals surface area contributed by atoms with Crippen LogP contribution in [0.1, 0.15) is 15.9 Å². The number of aromatic carboxylic acids is 1. The first-order valence-corrected chi connectivity index (χ1v) is 6.32. The third kappa shape index (κ3) is 3.40. The van der Waals surface area contributed by atoms with Crippen LogP contribution >= 0.6 is 23.2 Å². The Hall–Kier alpha value is -1.78. The monoisotopic (exact) mass is 314 g/mol. The number of benzene rings is 2. The molecular weight excluding hydrogens is 306 g/mol. The van der Waals surface area contributed by atoms with Gasteiger partial charge in [-0.3, -0.25) is 0 Å². The molecule has 0 unspecified atom stereocenters. The van der Waals surface area contributed by atoms with Crippen LogP contribution in [0.15, 0.2) is 36.4 Å². The van der Waals surface area contributed by atoms with Crippen LogP contribution in [0.3, 0.4) is 0 Å². The van der Waals surface area contributed by atoms with Crippen molar-refractivity contribution in [3.8, 4) is 5.75 Å². The van der Waals surface area contributed by atoms with Crippen LogP contribution in [-0.4, -0.2) is 11.1 Å². The van der Waals surface area contributed by atoms with Crippen molar-refractivity contribution in [1.82, 2.24) is 0 Å². The zero-order valence-electron chi connectivity index (χ0n) is 10.1. The summed E-state index contributed by atoms with van der Waals surface area (Å²) in [6.45, 7) is -0.0624. The van der Waals surface area contributed by atoms with Crippen molar-refractivity contribution < 1.29 is 19.0 Å². The van der Waals surface area contributed by atoms with E-state index in [1.165, 1.54) is 36.4 Å². The largest absolute Gasteiger partial charge is 0.489 e. The van der Waals surface area contributed by atoms with E-state index < -0.39 is 11.8 Å². The number of ether oxygens (including phenoxy) is 1. The lowest BCUT2D eigenvalue weighted by atomic mass is 10.2. The lowest BCUT2D eigenvalue weighted by Crippen LogP contribution is -2.01. The van der Waals surface area contributed by atoms with Crippen molar-refractivity contribution in [3.05, 3.63) is 63.4 Å². The highest BCUT2D eigenvalue weighted by Crippen LogP contribution is 2.23. The molecule has 0 atom stereocenters. The molecule has 0 radical (unpaired) electrons. The van der Waals surface area contributed by atoms with Gasteiger partial charge < -0.3 is 9.84 Å². The van der Waals surface area contributed by atoms with Gasteiger partial charge in [0.2, 0.25) is 0 Å². The second kappa shape index (κ2) is 6.11. The average molecular weight is 315 g/mol. The number of hydrogen-bond acceptors (Lipinski definition) is 2. The zero-order valence-corrected chi connectivity index (χ0v) is 11.6. The Bertz CT molecular complexity index is 659. The Balaban J connectivity index is 2.17. The van der Waals surface area contributed by atoms with Crippen LogP contribution < -0.4 is 4.74 Å². The number of carboxylic acid groups (broad SMARTS) is 1. The highest BCUT2D eigenvalue weighted by atomic mass is 35.5. The SMILES string of the molecule is O=C(O)c1cc(OCc2cc(Cl)ccc2F)ccc1Cl. The van der Waals surface area contributed by atoms with Gasteiger partial charge in [0, 0.05) is 10.6 Å². The molecule has 0 fully saturated rings. The molecule has 0 aliphatic rings. The maximum atomic E-state index is 13.5. The van der Waals surface area contributed by atoms with Gasteiger partial charge in [0.25, 0.3) is 0 Å². The maximum Gasteiger partial charge on any atom is 0.337 e. The Morgan fingerprint density at radius 1 is 1.20 bits per heavy atom. The molecule has 2 aromatic rings. The minimum absolute atomic E-state index is 0.0624. The van der Waals surface area contributed by atoms with Crippen molar-refractivity contribution in [2.45, 2.75) is 6.61 Å². The number of carboxylic acids is 1. The van der Waals surface area contributed by atoms with Crippen LogP contribution in [0.2, 0.25) is 10.0 Å². The molecule has 0 saturated heterocycles. The third-order valence-electron chi connectivity index (χ3n) is 2.57. The number of hydrogen-bond donors (Lipinski definition) is 1. The van der Waals surface area contributed by atoms with Gasteiger partial charge >= 0.3 is 5.97 Å². The van der Waals surface area contributed by atoms with Gasteiger partial charge in [-0.25, -0.2) is 9.18 Å². The van der Waals surface area contributed by atoms with Gasteiger partial charge in [0.1, 0.15) is 18.2 Å². The molecule has 0 aliphatic heterocycles. The van der Waals surface area contributed by atoms with E-state index in [0.717, 1.165) is 0 Å². The van der Waals surface area contributed by atoms with Crippen molar-refractivity contribution in [2.75, 3.05) is 0 Å². The molecule has 20 heavy (non-hydrogen) atoms. The standard InChI is InChI=1S/C14H9Cl2FO3/c15-9-1-4-13(17)8(5-9)7-20-10-2-3-12(16)11(6-10)14(18)19/h1-6H,7H2,(H,18,19). The first-order chi connectivity index (χ1) is 9.47. The van der Waals surface area contributed by atoms with E-state index in [-0.39, 0.29) is 28.5 Å². The highest BCUT2D eigenvalue weighted by Gasteiger charge is 2.11. The average Bonchev–Trinajstić information content (AvgIpc) is 2.41.